The Morgan fingerprint density at radius 2 is 1.86 bits per heavy atom. The van der Waals surface area contributed by atoms with Crippen LogP contribution in [0.25, 0.3) is 0 Å². The summed E-state index contributed by atoms with van der Waals surface area (Å²) in [6, 6.07) is 13.0. The molecule has 3 N–H and O–H groups in total. The lowest BCUT2D eigenvalue weighted by Crippen LogP contribution is -2.57. The van der Waals surface area contributed by atoms with Crippen molar-refractivity contribution < 1.29 is 18.0 Å². The lowest BCUT2D eigenvalue weighted by Gasteiger charge is -2.30. The lowest BCUT2D eigenvalue weighted by atomic mass is 10.2. The smallest absolute Gasteiger partial charge is 0.292 e. The van der Waals surface area contributed by atoms with E-state index in [1.54, 1.807) is 50.2 Å². The second-order valence-electron chi connectivity index (χ2n) is 6.63. The van der Waals surface area contributed by atoms with E-state index < -0.39 is 22.0 Å². The van der Waals surface area contributed by atoms with Gasteiger partial charge in [0.2, 0.25) is 15.9 Å². The quantitative estimate of drug-likeness (QED) is 0.686. The zero-order chi connectivity index (χ0) is 21.2. The number of hydrogen-bond donors (Lipinski definition) is 3. The Morgan fingerprint density at radius 1 is 1.17 bits per heavy atom. The number of para-hydroxylation sites is 1. The first-order chi connectivity index (χ1) is 13.6. The van der Waals surface area contributed by atoms with Crippen molar-refractivity contribution in [1.82, 2.24) is 5.43 Å². The van der Waals surface area contributed by atoms with Crippen LogP contribution in [0.5, 0.6) is 0 Å². The molecule has 0 radical (unpaired) electrons. The molecule has 2 aromatic rings. The van der Waals surface area contributed by atoms with Crippen LogP contribution in [0.3, 0.4) is 0 Å². The Morgan fingerprint density at radius 3 is 2.52 bits per heavy atom. The van der Waals surface area contributed by atoms with E-state index in [1.807, 2.05) is 6.07 Å². The molecule has 0 aromatic heterocycles. The van der Waals surface area contributed by atoms with E-state index in [0.717, 1.165) is 6.26 Å². The number of aliphatic imine (C=N–C) groups is 1. The van der Waals surface area contributed by atoms with Crippen LogP contribution in [0.1, 0.15) is 12.5 Å². The van der Waals surface area contributed by atoms with E-state index in [-0.39, 0.29) is 11.7 Å². The molecular formula is C19H21N5O4S. The molecule has 152 valence electrons. The van der Waals surface area contributed by atoms with Crippen LogP contribution in [-0.2, 0) is 19.6 Å². The summed E-state index contributed by atoms with van der Waals surface area (Å²) in [5.41, 5.74) is 4.77. The van der Waals surface area contributed by atoms with Crippen LogP contribution in [-0.4, -0.2) is 38.4 Å². The number of amidine groups is 1. The molecule has 10 heteroatoms. The summed E-state index contributed by atoms with van der Waals surface area (Å²) in [5, 5.41) is 3.94. The highest BCUT2D eigenvalue weighted by Gasteiger charge is 2.30. The first kappa shape index (κ1) is 20.3. The van der Waals surface area contributed by atoms with Crippen molar-refractivity contribution in [1.29, 1.82) is 0 Å². The highest BCUT2D eigenvalue weighted by molar-refractivity contribution is 7.92. The maximum absolute atomic E-state index is 12.7. The number of carbonyl (C=O) groups is 2. The number of amides is 2. The Kier molecular flexibility index (Phi) is 5.55. The van der Waals surface area contributed by atoms with E-state index in [1.165, 1.54) is 11.1 Å². The van der Waals surface area contributed by atoms with Gasteiger partial charge in [-0.2, -0.15) is 0 Å². The topological polar surface area (TPSA) is 120 Å². The van der Waals surface area contributed by atoms with E-state index in [9.17, 15) is 18.0 Å². The molecular weight excluding hydrogens is 394 g/mol. The number of nitrogens with zero attached hydrogens (tertiary/aromatic N) is 2. The summed E-state index contributed by atoms with van der Waals surface area (Å²) in [6.45, 7) is 3.35. The molecule has 1 heterocycles. The van der Waals surface area contributed by atoms with Gasteiger partial charge in [0.05, 0.1) is 17.6 Å². The third-order valence-corrected chi connectivity index (χ3v) is 4.73. The second kappa shape index (κ2) is 7.92. The van der Waals surface area contributed by atoms with Gasteiger partial charge in [0, 0.05) is 5.69 Å². The van der Waals surface area contributed by atoms with Gasteiger partial charge in [0.25, 0.3) is 11.8 Å². The number of nitrogens with one attached hydrogen (secondary N) is 3. The molecule has 9 nitrogen and oxygen atoms in total. The minimum Gasteiger partial charge on any atom is -0.319 e. The Hall–Kier alpha value is -3.40. The molecule has 29 heavy (non-hydrogen) atoms. The average molecular weight is 415 g/mol. The van der Waals surface area contributed by atoms with Crippen molar-refractivity contribution in [3.63, 3.8) is 0 Å². The largest absolute Gasteiger partial charge is 0.319 e. The number of carbonyl (C=O) groups excluding carboxylic acids is 2. The Labute approximate surface area is 168 Å². The number of hydrazine groups is 1. The fourth-order valence-electron chi connectivity index (χ4n) is 2.70. The van der Waals surface area contributed by atoms with Crippen molar-refractivity contribution in [2.45, 2.75) is 19.9 Å². The fraction of sp³-hybridized carbons (Fsp3) is 0.211. The molecule has 0 bridgehead atoms. The van der Waals surface area contributed by atoms with Crippen molar-refractivity contribution in [3.8, 4) is 0 Å². The van der Waals surface area contributed by atoms with Gasteiger partial charge in [-0.25, -0.2) is 18.4 Å². The molecule has 0 fully saturated rings. The molecule has 0 saturated carbocycles. The zero-order valence-electron chi connectivity index (χ0n) is 16.1. The fourth-order valence-corrected chi connectivity index (χ4v) is 3.32. The zero-order valence-corrected chi connectivity index (χ0v) is 16.9. The lowest BCUT2D eigenvalue weighted by molar-refractivity contribution is -0.120. The van der Waals surface area contributed by atoms with Crippen molar-refractivity contribution in [3.05, 3.63) is 54.1 Å². The number of anilines is 3. The second-order valence-corrected chi connectivity index (χ2v) is 8.38. The van der Waals surface area contributed by atoms with Crippen molar-refractivity contribution >= 4 is 44.7 Å². The van der Waals surface area contributed by atoms with Gasteiger partial charge in [-0.05, 0) is 43.7 Å². The number of hydrogen-bond acceptors (Lipinski definition) is 6. The Bertz CT molecular complexity index is 1080. The van der Waals surface area contributed by atoms with Crippen LogP contribution >= 0.6 is 0 Å². The maximum atomic E-state index is 12.7. The molecule has 1 atom stereocenters. The van der Waals surface area contributed by atoms with Gasteiger partial charge in [-0.1, -0.05) is 24.3 Å². The van der Waals surface area contributed by atoms with Gasteiger partial charge in [-0.3, -0.25) is 19.7 Å². The van der Waals surface area contributed by atoms with Crippen LogP contribution in [0.15, 0.2) is 53.5 Å². The predicted molar refractivity (Wildman–Crippen MR) is 112 cm³/mol. The van der Waals surface area contributed by atoms with Crippen LogP contribution in [0.4, 0.5) is 17.1 Å². The first-order valence-electron chi connectivity index (χ1n) is 8.77. The van der Waals surface area contributed by atoms with E-state index in [4.69, 9.17) is 0 Å². The van der Waals surface area contributed by atoms with Crippen molar-refractivity contribution in [2.75, 3.05) is 21.3 Å². The standard InChI is InChI=1S/C19H21N5O4S/c1-12-9-10-14(11-16(12)23-29(3,27)28)21-18(25)17-20-13(2)19(26)24(22-17)15-7-5-4-6-8-15/h4-11,13,23H,1-3H3,(H,20,22)(H,21,25). The number of aryl methyl sites for hydroxylation is 1. The summed E-state index contributed by atoms with van der Waals surface area (Å²) in [6.07, 6.45) is 1.05. The SMILES string of the molecule is Cc1ccc(NC(=O)C2=NC(C)C(=O)N(c3ccccc3)N2)cc1NS(C)(=O)=O. The summed E-state index contributed by atoms with van der Waals surface area (Å²) in [7, 11) is -3.46. The van der Waals surface area contributed by atoms with Gasteiger partial charge in [0.15, 0.2) is 0 Å². The molecule has 3 rings (SSSR count). The molecule has 2 amide bonds. The molecule has 0 spiro atoms. The highest BCUT2D eigenvalue weighted by Crippen LogP contribution is 2.22. The highest BCUT2D eigenvalue weighted by atomic mass is 32.2. The molecule has 1 unspecified atom stereocenters. The first-order valence-corrected chi connectivity index (χ1v) is 10.7. The monoisotopic (exact) mass is 415 g/mol. The molecule has 0 saturated heterocycles. The van der Waals surface area contributed by atoms with E-state index >= 15 is 0 Å². The molecule has 1 aliphatic heterocycles. The third-order valence-electron chi connectivity index (χ3n) is 4.14. The number of sulfonamides is 1. The van der Waals surface area contributed by atoms with Gasteiger partial charge >= 0.3 is 0 Å². The predicted octanol–water partition coefficient (Wildman–Crippen LogP) is 1.64. The normalized spacial score (nSPS) is 16.7. The van der Waals surface area contributed by atoms with Crippen LogP contribution in [0.2, 0.25) is 0 Å². The van der Waals surface area contributed by atoms with Crippen molar-refractivity contribution in [2.24, 2.45) is 4.99 Å². The summed E-state index contributed by atoms with van der Waals surface area (Å²) in [4.78, 5) is 29.2. The average Bonchev–Trinajstić information content (AvgIpc) is 2.66. The van der Waals surface area contributed by atoms with Crippen LogP contribution < -0.4 is 20.5 Å². The minimum absolute atomic E-state index is 0.0286. The van der Waals surface area contributed by atoms with Gasteiger partial charge in [-0.15, -0.1) is 0 Å². The summed E-state index contributed by atoms with van der Waals surface area (Å²) in [5.74, 6) is -0.874. The van der Waals surface area contributed by atoms with Gasteiger partial charge in [0.1, 0.15) is 6.04 Å². The minimum atomic E-state index is -3.46. The van der Waals surface area contributed by atoms with Crippen LogP contribution in [0, 0.1) is 6.92 Å². The number of rotatable bonds is 5. The maximum Gasteiger partial charge on any atom is 0.292 e. The summed E-state index contributed by atoms with van der Waals surface area (Å²) >= 11 is 0. The Balaban J connectivity index is 1.81. The van der Waals surface area contributed by atoms with E-state index in [0.29, 0.717) is 22.6 Å². The number of benzene rings is 2. The van der Waals surface area contributed by atoms with Gasteiger partial charge < -0.3 is 5.32 Å². The molecule has 1 aliphatic rings. The summed E-state index contributed by atoms with van der Waals surface area (Å²) < 4.78 is 25.4. The van der Waals surface area contributed by atoms with E-state index in [2.05, 4.69) is 20.5 Å². The molecule has 0 aliphatic carbocycles. The third kappa shape index (κ3) is 4.91. The molecule has 2 aromatic carbocycles.